The van der Waals surface area contributed by atoms with Crippen LogP contribution in [0.15, 0.2) is 35.5 Å². The molecule has 1 aromatic carbocycles. The summed E-state index contributed by atoms with van der Waals surface area (Å²) in [4.78, 5) is 7.13. The Morgan fingerprint density at radius 3 is 2.90 bits per heavy atom. The molecule has 1 aromatic heterocycles. The Balaban J connectivity index is 1.98. The van der Waals surface area contributed by atoms with Crippen LogP contribution < -0.4 is 15.2 Å². The number of H-pyrrole nitrogens is 1. The first-order valence-corrected chi connectivity index (χ1v) is 7.92. The second-order valence-corrected chi connectivity index (χ2v) is 6.18. The zero-order chi connectivity index (χ0) is 15.3. The summed E-state index contributed by atoms with van der Waals surface area (Å²) < 4.78 is 32.1. The zero-order valence-electron chi connectivity index (χ0n) is 11.7. The van der Waals surface area contributed by atoms with E-state index in [-0.39, 0.29) is 10.6 Å². The number of nitrogens with two attached hydrogens (primary N) is 1. The molecule has 0 saturated heterocycles. The Morgan fingerprint density at radius 2 is 2.24 bits per heavy atom. The van der Waals surface area contributed by atoms with Crippen molar-refractivity contribution >= 4 is 15.7 Å². The van der Waals surface area contributed by atoms with Gasteiger partial charge in [0.1, 0.15) is 16.5 Å². The average Bonchev–Trinajstić information content (AvgIpc) is 2.96. The minimum absolute atomic E-state index is 0.0807. The smallest absolute Gasteiger partial charge is 0.244 e. The first kappa shape index (κ1) is 15.3. The lowest BCUT2D eigenvalue weighted by molar-refractivity contribution is 0.402. The maximum Gasteiger partial charge on any atom is 0.244 e. The SMILES string of the molecule is COc1cc(N)ccc1S(=O)(=O)NCCCc1ncc[nH]1. The summed E-state index contributed by atoms with van der Waals surface area (Å²) in [5.41, 5.74) is 6.06. The quantitative estimate of drug-likeness (QED) is 0.520. The second-order valence-electron chi connectivity index (χ2n) is 4.45. The minimum atomic E-state index is -3.62. The van der Waals surface area contributed by atoms with Crippen LogP contribution in [0.4, 0.5) is 5.69 Å². The molecule has 21 heavy (non-hydrogen) atoms. The number of nitrogen functional groups attached to an aromatic ring is 1. The van der Waals surface area contributed by atoms with E-state index >= 15 is 0 Å². The highest BCUT2D eigenvalue weighted by Crippen LogP contribution is 2.25. The summed E-state index contributed by atoms with van der Waals surface area (Å²) in [6.45, 7) is 0.316. The van der Waals surface area contributed by atoms with Gasteiger partial charge < -0.3 is 15.5 Å². The van der Waals surface area contributed by atoms with E-state index in [9.17, 15) is 8.42 Å². The van der Waals surface area contributed by atoms with Crippen LogP contribution in [0.5, 0.6) is 5.75 Å². The number of hydrogen-bond acceptors (Lipinski definition) is 5. The largest absolute Gasteiger partial charge is 0.495 e. The highest BCUT2D eigenvalue weighted by atomic mass is 32.2. The molecule has 0 saturated carbocycles. The van der Waals surface area contributed by atoms with Gasteiger partial charge >= 0.3 is 0 Å². The molecule has 8 heteroatoms. The monoisotopic (exact) mass is 310 g/mol. The Bertz CT molecular complexity index is 683. The number of ether oxygens (including phenoxy) is 1. The van der Waals surface area contributed by atoms with Gasteiger partial charge in [0.05, 0.1) is 7.11 Å². The molecular formula is C13H18N4O3S. The lowest BCUT2D eigenvalue weighted by atomic mass is 10.3. The van der Waals surface area contributed by atoms with Gasteiger partial charge in [-0.05, 0) is 18.6 Å². The third kappa shape index (κ3) is 3.96. The number of methoxy groups -OCH3 is 1. The molecule has 0 radical (unpaired) electrons. The van der Waals surface area contributed by atoms with Crippen LogP contribution in [0.1, 0.15) is 12.2 Å². The van der Waals surface area contributed by atoms with Gasteiger partial charge in [0.2, 0.25) is 10.0 Å². The first-order chi connectivity index (χ1) is 10.0. The van der Waals surface area contributed by atoms with Gasteiger partial charge in [0, 0.05) is 37.1 Å². The molecule has 0 aliphatic carbocycles. The van der Waals surface area contributed by atoms with Gasteiger partial charge in [-0.25, -0.2) is 18.1 Å². The molecule has 0 atom stereocenters. The normalized spacial score (nSPS) is 11.5. The van der Waals surface area contributed by atoms with E-state index in [1.807, 2.05) is 0 Å². The van der Waals surface area contributed by atoms with Crippen LogP contribution in [-0.2, 0) is 16.4 Å². The lowest BCUT2D eigenvalue weighted by Gasteiger charge is -2.11. The number of nitrogens with zero attached hydrogens (tertiary/aromatic N) is 1. The summed E-state index contributed by atoms with van der Waals surface area (Å²) in [6, 6.07) is 4.44. The van der Waals surface area contributed by atoms with Crippen molar-refractivity contribution < 1.29 is 13.2 Å². The molecule has 4 N–H and O–H groups in total. The highest BCUT2D eigenvalue weighted by Gasteiger charge is 2.18. The van der Waals surface area contributed by atoms with Crippen molar-refractivity contribution in [1.29, 1.82) is 0 Å². The summed E-state index contributed by atoms with van der Waals surface area (Å²) in [6.07, 6.45) is 4.72. The number of sulfonamides is 1. The maximum absolute atomic E-state index is 12.2. The average molecular weight is 310 g/mol. The maximum atomic E-state index is 12.2. The minimum Gasteiger partial charge on any atom is -0.495 e. The van der Waals surface area contributed by atoms with Gasteiger partial charge in [-0.2, -0.15) is 0 Å². The van der Waals surface area contributed by atoms with E-state index in [1.165, 1.54) is 25.3 Å². The molecule has 0 unspecified atom stereocenters. The summed E-state index contributed by atoms with van der Waals surface area (Å²) in [5, 5.41) is 0. The van der Waals surface area contributed by atoms with Crippen molar-refractivity contribution in [3.63, 3.8) is 0 Å². The van der Waals surface area contributed by atoms with Crippen molar-refractivity contribution in [3.8, 4) is 5.75 Å². The van der Waals surface area contributed by atoms with Crippen molar-refractivity contribution in [1.82, 2.24) is 14.7 Å². The van der Waals surface area contributed by atoms with Crippen LogP contribution in [0, 0.1) is 0 Å². The number of aryl methyl sites for hydroxylation is 1. The van der Waals surface area contributed by atoms with Gasteiger partial charge in [-0.1, -0.05) is 0 Å². The van der Waals surface area contributed by atoms with E-state index < -0.39 is 10.0 Å². The van der Waals surface area contributed by atoms with Gasteiger partial charge in [-0.15, -0.1) is 0 Å². The van der Waals surface area contributed by atoms with Crippen LogP contribution in [0.2, 0.25) is 0 Å². The predicted octanol–water partition coefficient (Wildman–Crippen LogP) is 0.912. The van der Waals surface area contributed by atoms with Crippen LogP contribution in [0.3, 0.4) is 0 Å². The van der Waals surface area contributed by atoms with E-state index in [4.69, 9.17) is 10.5 Å². The standard InChI is InChI=1S/C13H18N4O3S/c1-20-11-9-10(14)4-5-12(11)21(18,19)17-6-2-3-13-15-7-8-16-13/h4-5,7-9,17H,2-3,6,14H2,1H3,(H,15,16). The number of nitrogens with one attached hydrogen (secondary N) is 2. The van der Waals surface area contributed by atoms with E-state index in [0.717, 1.165) is 5.82 Å². The number of rotatable bonds is 7. The number of benzene rings is 1. The van der Waals surface area contributed by atoms with Gasteiger partial charge in [0.25, 0.3) is 0 Å². The predicted molar refractivity (Wildman–Crippen MR) is 79.5 cm³/mol. The fourth-order valence-electron chi connectivity index (χ4n) is 1.88. The first-order valence-electron chi connectivity index (χ1n) is 6.44. The van der Waals surface area contributed by atoms with E-state index in [2.05, 4.69) is 14.7 Å². The highest BCUT2D eigenvalue weighted by molar-refractivity contribution is 7.89. The fraction of sp³-hybridized carbons (Fsp3) is 0.308. The van der Waals surface area contributed by atoms with Crippen molar-refractivity contribution in [2.24, 2.45) is 0 Å². The Kier molecular flexibility index (Phi) is 4.81. The zero-order valence-corrected chi connectivity index (χ0v) is 12.5. The molecule has 0 spiro atoms. The van der Waals surface area contributed by atoms with Crippen LogP contribution in [0.25, 0.3) is 0 Å². The Morgan fingerprint density at radius 1 is 1.43 bits per heavy atom. The topological polar surface area (TPSA) is 110 Å². The summed E-state index contributed by atoms with van der Waals surface area (Å²) in [5.74, 6) is 1.06. The summed E-state index contributed by atoms with van der Waals surface area (Å²) in [7, 11) is -2.21. The second kappa shape index (κ2) is 6.59. The molecule has 2 aromatic rings. The number of aromatic nitrogens is 2. The molecule has 0 aliphatic rings. The lowest BCUT2D eigenvalue weighted by Crippen LogP contribution is -2.25. The molecule has 0 aliphatic heterocycles. The number of aromatic amines is 1. The molecule has 7 nitrogen and oxygen atoms in total. The fourth-order valence-corrected chi connectivity index (χ4v) is 3.10. The van der Waals surface area contributed by atoms with Crippen molar-refractivity contribution in [2.45, 2.75) is 17.7 Å². The number of hydrogen-bond donors (Lipinski definition) is 3. The molecule has 1 heterocycles. The van der Waals surface area contributed by atoms with Crippen LogP contribution >= 0.6 is 0 Å². The molecule has 0 fully saturated rings. The Hall–Kier alpha value is -2.06. The van der Waals surface area contributed by atoms with Crippen LogP contribution in [-0.4, -0.2) is 32.0 Å². The van der Waals surface area contributed by atoms with E-state index in [0.29, 0.717) is 25.1 Å². The van der Waals surface area contributed by atoms with Gasteiger partial charge in [0.15, 0.2) is 0 Å². The van der Waals surface area contributed by atoms with Crippen molar-refractivity contribution in [2.75, 3.05) is 19.4 Å². The third-order valence-electron chi connectivity index (χ3n) is 2.91. The number of anilines is 1. The molecule has 0 bridgehead atoms. The van der Waals surface area contributed by atoms with E-state index in [1.54, 1.807) is 12.4 Å². The molecular weight excluding hydrogens is 292 g/mol. The molecule has 114 valence electrons. The third-order valence-corrected chi connectivity index (χ3v) is 4.41. The number of imidazole rings is 1. The van der Waals surface area contributed by atoms with Crippen molar-refractivity contribution in [3.05, 3.63) is 36.4 Å². The van der Waals surface area contributed by atoms with Gasteiger partial charge in [-0.3, -0.25) is 0 Å². The molecule has 0 amide bonds. The molecule has 2 rings (SSSR count). The summed E-state index contributed by atoms with van der Waals surface area (Å²) >= 11 is 0. The Labute approximate surface area is 123 Å².